The molecule has 0 N–H and O–H groups in total. The fourth-order valence-corrected chi connectivity index (χ4v) is 2.70. The van der Waals surface area contributed by atoms with Gasteiger partial charge >= 0.3 is 0 Å². The maximum Gasteiger partial charge on any atom is 0.111 e. The summed E-state index contributed by atoms with van der Waals surface area (Å²) in [4.78, 5) is 4.09. The Hall–Kier alpha value is -1.32. The first-order chi connectivity index (χ1) is 8.78. The Morgan fingerprint density at radius 2 is 2.17 bits per heavy atom. The highest BCUT2D eigenvalue weighted by Gasteiger charge is 2.37. The molecule has 1 aliphatic rings. The molecule has 1 aliphatic heterocycles. The minimum absolute atomic E-state index is 0.231. The molecule has 0 amide bonds. The summed E-state index contributed by atoms with van der Waals surface area (Å²) in [6, 6.07) is 7.97. The molecule has 4 heteroatoms. The highest BCUT2D eigenvalue weighted by Crippen LogP contribution is 2.38. The van der Waals surface area contributed by atoms with E-state index < -0.39 is 0 Å². The number of ether oxygens (including phenoxy) is 1. The normalized spacial score (nSPS) is 23.4. The second-order valence-corrected chi connectivity index (χ2v) is 5.12. The van der Waals surface area contributed by atoms with Gasteiger partial charge in [0.1, 0.15) is 5.60 Å². The van der Waals surface area contributed by atoms with Crippen LogP contribution in [0.25, 0.3) is 0 Å². The number of hydrogen-bond donors (Lipinski definition) is 0. The average molecular weight is 263 g/mol. The van der Waals surface area contributed by atoms with Crippen LogP contribution in [0.2, 0.25) is 5.02 Å². The van der Waals surface area contributed by atoms with Gasteiger partial charge in [0.2, 0.25) is 0 Å². The van der Waals surface area contributed by atoms with Crippen molar-refractivity contribution in [2.75, 3.05) is 6.61 Å². The molecule has 0 aliphatic carbocycles. The van der Waals surface area contributed by atoms with Crippen molar-refractivity contribution in [3.63, 3.8) is 0 Å². The maximum atomic E-state index is 6.05. The van der Waals surface area contributed by atoms with Crippen LogP contribution in [0.15, 0.2) is 43.0 Å². The lowest BCUT2D eigenvalue weighted by molar-refractivity contribution is -0.0144. The van der Waals surface area contributed by atoms with Crippen molar-refractivity contribution < 1.29 is 4.74 Å². The van der Waals surface area contributed by atoms with E-state index in [0.29, 0.717) is 0 Å². The largest absolute Gasteiger partial charge is 0.368 e. The quantitative estimate of drug-likeness (QED) is 0.849. The third-order valence-electron chi connectivity index (χ3n) is 3.47. The van der Waals surface area contributed by atoms with Crippen LogP contribution in [0.3, 0.4) is 0 Å². The summed E-state index contributed by atoms with van der Waals surface area (Å²) in [5.74, 6) is 0. The standard InChI is InChI=1S/C14H15ClN2O/c15-13-4-2-12(3-5-13)14(6-1-9-18-14)10-17-8-7-16-11-17/h2-5,7-8,11H,1,6,9-10H2. The molecule has 1 atom stereocenters. The van der Waals surface area contributed by atoms with Crippen LogP contribution in [-0.2, 0) is 16.9 Å². The van der Waals surface area contributed by atoms with Crippen LogP contribution >= 0.6 is 11.6 Å². The van der Waals surface area contributed by atoms with Crippen LogP contribution < -0.4 is 0 Å². The molecular formula is C14H15ClN2O. The number of imidazole rings is 1. The lowest BCUT2D eigenvalue weighted by Crippen LogP contribution is -2.30. The number of hydrogen-bond acceptors (Lipinski definition) is 2. The first kappa shape index (κ1) is 11.8. The zero-order valence-corrected chi connectivity index (χ0v) is 10.8. The molecule has 1 aromatic carbocycles. The van der Waals surface area contributed by atoms with Gasteiger partial charge in [0.25, 0.3) is 0 Å². The van der Waals surface area contributed by atoms with Crippen molar-refractivity contribution in [3.05, 3.63) is 53.6 Å². The predicted octanol–water partition coefficient (Wildman–Crippen LogP) is 3.24. The molecular weight excluding hydrogens is 248 g/mol. The van der Waals surface area contributed by atoms with Crippen LogP contribution in [0.5, 0.6) is 0 Å². The summed E-state index contributed by atoms with van der Waals surface area (Å²) in [7, 11) is 0. The SMILES string of the molecule is Clc1ccc(C2(Cn3ccnc3)CCCO2)cc1. The van der Waals surface area contributed by atoms with Crippen molar-refractivity contribution in [1.29, 1.82) is 0 Å². The highest BCUT2D eigenvalue weighted by molar-refractivity contribution is 6.30. The molecule has 3 nitrogen and oxygen atoms in total. The third-order valence-corrected chi connectivity index (χ3v) is 3.72. The second kappa shape index (κ2) is 4.75. The molecule has 1 saturated heterocycles. The molecule has 94 valence electrons. The van der Waals surface area contributed by atoms with E-state index in [9.17, 15) is 0 Å². The van der Waals surface area contributed by atoms with Gasteiger partial charge in [-0.15, -0.1) is 0 Å². The first-order valence-corrected chi connectivity index (χ1v) is 6.52. The smallest absolute Gasteiger partial charge is 0.111 e. The number of rotatable bonds is 3. The summed E-state index contributed by atoms with van der Waals surface area (Å²) >= 11 is 5.95. The van der Waals surface area contributed by atoms with Crippen LogP contribution in [-0.4, -0.2) is 16.2 Å². The monoisotopic (exact) mass is 262 g/mol. The molecule has 3 rings (SSSR count). The van der Waals surface area contributed by atoms with E-state index >= 15 is 0 Å². The third kappa shape index (κ3) is 2.16. The molecule has 1 aromatic heterocycles. The Bertz CT molecular complexity index is 501. The van der Waals surface area contributed by atoms with Crippen molar-refractivity contribution >= 4 is 11.6 Å². The first-order valence-electron chi connectivity index (χ1n) is 6.14. The predicted molar refractivity (Wildman–Crippen MR) is 70.5 cm³/mol. The van der Waals surface area contributed by atoms with Gasteiger partial charge in [-0.3, -0.25) is 0 Å². The summed E-state index contributed by atoms with van der Waals surface area (Å²) in [5.41, 5.74) is 0.962. The Labute approximate surface area is 111 Å². The van der Waals surface area contributed by atoms with Crippen LogP contribution in [0.4, 0.5) is 0 Å². The molecule has 0 saturated carbocycles. The van der Waals surface area contributed by atoms with Crippen molar-refractivity contribution in [1.82, 2.24) is 9.55 Å². The molecule has 1 fully saturated rings. The molecule has 2 heterocycles. The van der Waals surface area contributed by atoms with Crippen molar-refractivity contribution in [2.45, 2.75) is 25.0 Å². The van der Waals surface area contributed by atoms with Gasteiger partial charge in [0.15, 0.2) is 0 Å². The number of nitrogens with zero attached hydrogens (tertiary/aromatic N) is 2. The van der Waals surface area contributed by atoms with E-state index in [4.69, 9.17) is 16.3 Å². The van der Waals surface area contributed by atoms with Gasteiger partial charge in [0, 0.05) is 24.0 Å². The second-order valence-electron chi connectivity index (χ2n) is 4.69. The molecule has 0 bridgehead atoms. The van der Waals surface area contributed by atoms with Gasteiger partial charge < -0.3 is 9.30 Å². The fourth-order valence-electron chi connectivity index (χ4n) is 2.57. The van der Waals surface area contributed by atoms with Gasteiger partial charge in [-0.2, -0.15) is 0 Å². The van der Waals surface area contributed by atoms with Gasteiger partial charge in [-0.05, 0) is 30.5 Å². The van der Waals surface area contributed by atoms with Crippen molar-refractivity contribution in [2.24, 2.45) is 0 Å². The molecule has 0 radical (unpaired) electrons. The number of aromatic nitrogens is 2. The minimum Gasteiger partial charge on any atom is -0.368 e. The van der Waals surface area contributed by atoms with E-state index in [-0.39, 0.29) is 5.60 Å². The van der Waals surface area contributed by atoms with E-state index in [2.05, 4.69) is 21.7 Å². The molecule has 18 heavy (non-hydrogen) atoms. The summed E-state index contributed by atoms with van der Waals surface area (Å²) in [6.07, 6.45) is 7.73. The molecule has 2 aromatic rings. The highest BCUT2D eigenvalue weighted by atomic mass is 35.5. The lowest BCUT2D eigenvalue weighted by Gasteiger charge is -2.29. The maximum absolute atomic E-state index is 6.05. The van der Waals surface area contributed by atoms with E-state index in [1.807, 2.05) is 24.7 Å². The van der Waals surface area contributed by atoms with Gasteiger partial charge in [-0.1, -0.05) is 23.7 Å². The van der Waals surface area contributed by atoms with E-state index in [1.54, 1.807) is 6.20 Å². The molecule has 1 unspecified atom stereocenters. The number of benzene rings is 1. The van der Waals surface area contributed by atoms with Gasteiger partial charge in [0.05, 0.1) is 12.9 Å². The summed E-state index contributed by atoms with van der Waals surface area (Å²) in [6.45, 7) is 1.62. The Morgan fingerprint density at radius 3 is 2.78 bits per heavy atom. The zero-order chi connectivity index (χ0) is 12.4. The van der Waals surface area contributed by atoms with E-state index in [1.165, 1.54) is 5.56 Å². The Balaban J connectivity index is 1.93. The summed E-state index contributed by atoms with van der Waals surface area (Å²) < 4.78 is 8.12. The zero-order valence-electron chi connectivity index (χ0n) is 10.1. The van der Waals surface area contributed by atoms with Crippen LogP contribution in [0, 0.1) is 0 Å². The lowest BCUT2D eigenvalue weighted by atomic mass is 9.90. The van der Waals surface area contributed by atoms with Gasteiger partial charge in [-0.25, -0.2) is 4.98 Å². The van der Waals surface area contributed by atoms with Crippen LogP contribution in [0.1, 0.15) is 18.4 Å². The van der Waals surface area contributed by atoms with E-state index in [0.717, 1.165) is 31.0 Å². The molecule has 0 spiro atoms. The minimum atomic E-state index is -0.231. The average Bonchev–Trinajstić information content (AvgIpc) is 3.03. The Morgan fingerprint density at radius 1 is 1.33 bits per heavy atom. The summed E-state index contributed by atoms with van der Waals surface area (Å²) in [5, 5.41) is 0.759. The number of halogens is 1. The Kier molecular flexibility index (Phi) is 3.10. The fraction of sp³-hybridized carbons (Fsp3) is 0.357. The van der Waals surface area contributed by atoms with Crippen molar-refractivity contribution in [3.8, 4) is 0 Å². The topological polar surface area (TPSA) is 27.1 Å².